The van der Waals surface area contributed by atoms with Crippen LogP contribution in [0.3, 0.4) is 0 Å². The quantitative estimate of drug-likeness (QED) is 0.771. The molecule has 1 N–H and O–H groups in total. The van der Waals surface area contributed by atoms with Crippen LogP contribution in [0.5, 0.6) is 0 Å². The van der Waals surface area contributed by atoms with Gasteiger partial charge in [-0.15, -0.1) is 11.8 Å². The van der Waals surface area contributed by atoms with Crippen LogP contribution in [0.4, 0.5) is 4.39 Å². The molecule has 0 unspecified atom stereocenters. The van der Waals surface area contributed by atoms with Gasteiger partial charge in [0.05, 0.1) is 0 Å². The van der Waals surface area contributed by atoms with Crippen LogP contribution < -0.4 is 5.32 Å². The van der Waals surface area contributed by atoms with E-state index >= 15 is 0 Å². The zero-order valence-corrected chi connectivity index (χ0v) is 9.62. The summed E-state index contributed by atoms with van der Waals surface area (Å²) in [6, 6.07) is 5.41. The van der Waals surface area contributed by atoms with E-state index in [-0.39, 0.29) is 5.82 Å². The third kappa shape index (κ3) is 3.31. The lowest BCUT2D eigenvalue weighted by Crippen LogP contribution is -2.05. The minimum atomic E-state index is -0.114. The normalized spacial score (nSPS) is 10.9. The predicted molar refractivity (Wildman–Crippen MR) is 60.2 cm³/mol. The second kappa shape index (κ2) is 5.37. The van der Waals surface area contributed by atoms with Crippen molar-refractivity contribution in [2.75, 3.05) is 7.05 Å². The van der Waals surface area contributed by atoms with Gasteiger partial charge in [-0.05, 0) is 24.7 Å². The molecule has 0 bridgehead atoms. The number of nitrogens with one attached hydrogen (secondary N) is 1. The molecular formula is C11H16FNS. The molecule has 78 valence electrons. The summed E-state index contributed by atoms with van der Waals surface area (Å²) in [6.45, 7) is 4.83. The van der Waals surface area contributed by atoms with Crippen molar-refractivity contribution in [2.24, 2.45) is 0 Å². The van der Waals surface area contributed by atoms with Crippen LogP contribution in [0.2, 0.25) is 0 Å². The third-order valence-electron chi connectivity index (χ3n) is 1.74. The Kier molecular flexibility index (Phi) is 4.42. The van der Waals surface area contributed by atoms with Crippen LogP contribution in [0, 0.1) is 5.82 Å². The van der Waals surface area contributed by atoms with Crippen molar-refractivity contribution < 1.29 is 4.39 Å². The van der Waals surface area contributed by atoms with E-state index in [2.05, 4.69) is 19.2 Å². The van der Waals surface area contributed by atoms with Gasteiger partial charge in [-0.2, -0.15) is 0 Å². The average Bonchev–Trinajstić information content (AvgIpc) is 2.10. The van der Waals surface area contributed by atoms with Crippen molar-refractivity contribution in [3.05, 3.63) is 29.6 Å². The molecule has 0 aromatic heterocycles. The molecule has 0 amide bonds. The molecule has 0 aliphatic carbocycles. The molecule has 1 aromatic rings. The van der Waals surface area contributed by atoms with Gasteiger partial charge < -0.3 is 5.32 Å². The number of hydrogen-bond acceptors (Lipinski definition) is 2. The van der Waals surface area contributed by atoms with Crippen LogP contribution in [-0.2, 0) is 6.54 Å². The zero-order chi connectivity index (χ0) is 10.6. The Hall–Kier alpha value is -0.540. The van der Waals surface area contributed by atoms with Crippen molar-refractivity contribution >= 4 is 11.8 Å². The van der Waals surface area contributed by atoms with Crippen molar-refractivity contribution in [1.29, 1.82) is 0 Å². The molecule has 0 fully saturated rings. The standard InChI is InChI=1S/C11H16FNS/c1-8(2)14-11-5-4-9(7-13-3)6-10(11)12/h4-6,8,13H,7H2,1-3H3. The van der Waals surface area contributed by atoms with E-state index in [4.69, 9.17) is 0 Å². The zero-order valence-electron chi connectivity index (χ0n) is 8.80. The maximum absolute atomic E-state index is 13.5. The fourth-order valence-electron chi connectivity index (χ4n) is 1.21. The molecule has 0 radical (unpaired) electrons. The number of hydrogen-bond donors (Lipinski definition) is 1. The largest absolute Gasteiger partial charge is 0.316 e. The highest BCUT2D eigenvalue weighted by Gasteiger charge is 2.05. The van der Waals surface area contributed by atoms with Gasteiger partial charge in [-0.25, -0.2) is 4.39 Å². The summed E-state index contributed by atoms with van der Waals surface area (Å²) in [7, 11) is 1.86. The van der Waals surface area contributed by atoms with E-state index in [0.29, 0.717) is 11.8 Å². The fraction of sp³-hybridized carbons (Fsp3) is 0.455. The molecule has 0 aliphatic rings. The third-order valence-corrected chi connectivity index (χ3v) is 2.80. The first-order valence-corrected chi connectivity index (χ1v) is 5.61. The highest BCUT2D eigenvalue weighted by atomic mass is 32.2. The molecule has 0 saturated carbocycles. The van der Waals surface area contributed by atoms with Crippen molar-refractivity contribution in [1.82, 2.24) is 5.32 Å². The van der Waals surface area contributed by atoms with Gasteiger partial charge in [-0.1, -0.05) is 19.9 Å². The molecule has 14 heavy (non-hydrogen) atoms. The molecule has 0 atom stereocenters. The molecule has 0 spiro atoms. The topological polar surface area (TPSA) is 12.0 Å². The van der Waals surface area contributed by atoms with Gasteiger partial charge in [-0.3, -0.25) is 0 Å². The minimum Gasteiger partial charge on any atom is -0.316 e. The fourth-order valence-corrected chi connectivity index (χ4v) is 2.03. The Morgan fingerprint density at radius 2 is 2.14 bits per heavy atom. The summed E-state index contributed by atoms with van der Waals surface area (Å²) < 4.78 is 13.5. The SMILES string of the molecule is CNCc1ccc(SC(C)C)c(F)c1. The maximum atomic E-state index is 13.5. The predicted octanol–water partition coefficient (Wildman–Crippen LogP) is 3.05. The second-order valence-corrected chi connectivity index (χ2v) is 5.08. The van der Waals surface area contributed by atoms with Crippen LogP contribution >= 0.6 is 11.8 Å². The van der Waals surface area contributed by atoms with Crippen LogP contribution in [-0.4, -0.2) is 12.3 Å². The lowest BCUT2D eigenvalue weighted by atomic mass is 10.2. The van der Waals surface area contributed by atoms with Gasteiger partial charge >= 0.3 is 0 Å². The number of thioether (sulfide) groups is 1. The van der Waals surface area contributed by atoms with Gasteiger partial charge in [0, 0.05) is 16.7 Å². The monoisotopic (exact) mass is 213 g/mol. The first-order valence-electron chi connectivity index (χ1n) is 4.73. The summed E-state index contributed by atoms with van der Waals surface area (Å²) in [6.07, 6.45) is 0. The lowest BCUT2D eigenvalue weighted by Gasteiger charge is -2.07. The number of halogens is 1. The Bertz CT molecular complexity index is 299. The summed E-state index contributed by atoms with van der Waals surface area (Å²) in [5.74, 6) is -0.114. The van der Waals surface area contributed by atoms with E-state index in [9.17, 15) is 4.39 Å². The van der Waals surface area contributed by atoms with E-state index < -0.39 is 0 Å². The molecule has 3 heteroatoms. The maximum Gasteiger partial charge on any atom is 0.137 e. The van der Waals surface area contributed by atoms with Crippen molar-refractivity contribution in [3.63, 3.8) is 0 Å². The van der Waals surface area contributed by atoms with Gasteiger partial charge in [0.1, 0.15) is 5.82 Å². The minimum absolute atomic E-state index is 0.114. The Morgan fingerprint density at radius 3 is 2.64 bits per heavy atom. The van der Waals surface area contributed by atoms with E-state index in [1.54, 1.807) is 17.8 Å². The molecular weight excluding hydrogens is 197 g/mol. The van der Waals surface area contributed by atoms with Crippen molar-refractivity contribution in [3.8, 4) is 0 Å². The van der Waals surface area contributed by atoms with E-state index in [1.165, 1.54) is 0 Å². The lowest BCUT2D eigenvalue weighted by molar-refractivity contribution is 0.597. The molecule has 1 nitrogen and oxygen atoms in total. The van der Waals surface area contributed by atoms with Gasteiger partial charge in [0.25, 0.3) is 0 Å². The Balaban J connectivity index is 2.79. The molecule has 0 saturated heterocycles. The number of rotatable bonds is 4. The Morgan fingerprint density at radius 1 is 1.43 bits per heavy atom. The van der Waals surface area contributed by atoms with Gasteiger partial charge in [0.2, 0.25) is 0 Å². The summed E-state index contributed by atoms with van der Waals surface area (Å²) in [4.78, 5) is 0.736. The molecule has 1 rings (SSSR count). The Labute approximate surface area is 89.1 Å². The molecule has 1 aromatic carbocycles. The summed E-state index contributed by atoms with van der Waals surface area (Å²) in [5, 5.41) is 3.41. The first kappa shape index (κ1) is 11.5. The smallest absolute Gasteiger partial charge is 0.137 e. The van der Waals surface area contributed by atoms with Crippen LogP contribution in [0.15, 0.2) is 23.1 Å². The first-order chi connectivity index (χ1) is 6.63. The highest BCUT2D eigenvalue weighted by molar-refractivity contribution is 7.99. The van der Waals surface area contributed by atoms with Crippen LogP contribution in [0.25, 0.3) is 0 Å². The summed E-state index contributed by atoms with van der Waals surface area (Å²) >= 11 is 1.56. The van der Waals surface area contributed by atoms with Gasteiger partial charge in [0.15, 0.2) is 0 Å². The highest BCUT2D eigenvalue weighted by Crippen LogP contribution is 2.26. The summed E-state index contributed by atoms with van der Waals surface area (Å²) in [5.41, 5.74) is 0.984. The number of benzene rings is 1. The average molecular weight is 213 g/mol. The second-order valence-electron chi connectivity index (χ2n) is 3.46. The molecule has 0 heterocycles. The molecule has 0 aliphatic heterocycles. The van der Waals surface area contributed by atoms with E-state index in [1.807, 2.05) is 19.2 Å². The van der Waals surface area contributed by atoms with E-state index in [0.717, 1.165) is 10.5 Å². The van der Waals surface area contributed by atoms with Crippen LogP contribution in [0.1, 0.15) is 19.4 Å². The van der Waals surface area contributed by atoms with Crippen molar-refractivity contribution in [2.45, 2.75) is 30.5 Å².